The zero-order chi connectivity index (χ0) is 27.2. The minimum absolute atomic E-state index is 0.00835. The molecule has 0 saturated heterocycles. The summed E-state index contributed by atoms with van der Waals surface area (Å²) in [5, 5.41) is 2.61. The number of anilines is 2. The van der Waals surface area contributed by atoms with E-state index in [0.717, 1.165) is 10.6 Å². The Labute approximate surface area is 215 Å². The highest BCUT2D eigenvalue weighted by atomic mass is 32.2. The predicted octanol–water partition coefficient (Wildman–Crippen LogP) is 4.08. The minimum Gasteiger partial charge on any atom is -0.493 e. The highest BCUT2D eigenvalue weighted by molar-refractivity contribution is 7.92. The van der Waals surface area contributed by atoms with Crippen LogP contribution in [0.15, 0.2) is 66.7 Å². The monoisotopic (exact) mass is 528 g/mol. The quantitative estimate of drug-likeness (QED) is 0.391. The molecule has 0 radical (unpaired) electrons. The number of para-hydroxylation sites is 1. The molecule has 1 amide bonds. The van der Waals surface area contributed by atoms with Crippen molar-refractivity contribution in [1.82, 2.24) is 0 Å². The van der Waals surface area contributed by atoms with E-state index in [0.29, 0.717) is 11.5 Å². The number of methoxy groups -OCH3 is 3. The summed E-state index contributed by atoms with van der Waals surface area (Å²) in [6, 6.07) is 17.0. The van der Waals surface area contributed by atoms with Crippen LogP contribution in [0.3, 0.4) is 0 Å². The molecule has 10 nitrogen and oxygen atoms in total. The topological polar surface area (TPSA) is 120 Å². The Morgan fingerprint density at radius 3 is 1.97 bits per heavy atom. The zero-order valence-electron chi connectivity index (χ0n) is 21.0. The van der Waals surface area contributed by atoms with E-state index >= 15 is 0 Å². The van der Waals surface area contributed by atoms with Gasteiger partial charge in [-0.05, 0) is 43.3 Å². The maximum absolute atomic E-state index is 13.2. The van der Waals surface area contributed by atoms with Crippen molar-refractivity contribution in [2.24, 2.45) is 0 Å². The second-order valence-electron chi connectivity index (χ2n) is 7.88. The van der Waals surface area contributed by atoms with Gasteiger partial charge in [0.05, 0.1) is 44.5 Å². The second-order valence-corrected chi connectivity index (χ2v) is 9.74. The molecule has 1 atom stereocenters. The standard InChI is InChI=1S/C26H28N2O8S/c1-17(25(29)27-22-16-24(34-3)23(33-2)15-21(22)26(30)35-4)28(37(5,31)32)18-11-13-20(14-12-18)36-19-9-7-6-8-10-19/h6-17H,1-5H3,(H,27,29)/t17-/m0/s1. The molecule has 1 N–H and O–H groups in total. The number of hydrogen-bond acceptors (Lipinski definition) is 8. The molecule has 196 valence electrons. The summed E-state index contributed by atoms with van der Waals surface area (Å²) in [4.78, 5) is 25.6. The summed E-state index contributed by atoms with van der Waals surface area (Å²) in [6.45, 7) is 1.43. The summed E-state index contributed by atoms with van der Waals surface area (Å²) in [5.74, 6) is 0.217. The van der Waals surface area contributed by atoms with Gasteiger partial charge in [-0.15, -0.1) is 0 Å². The van der Waals surface area contributed by atoms with Crippen molar-refractivity contribution >= 4 is 33.3 Å². The summed E-state index contributed by atoms with van der Waals surface area (Å²) in [7, 11) is 0.118. The van der Waals surface area contributed by atoms with E-state index in [9.17, 15) is 18.0 Å². The number of rotatable bonds is 10. The van der Waals surface area contributed by atoms with Crippen LogP contribution in [0.5, 0.6) is 23.0 Å². The Kier molecular flexibility index (Phi) is 8.61. The molecule has 3 rings (SSSR count). The number of benzene rings is 3. The molecule has 3 aromatic rings. The van der Waals surface area contributed by atoms with Crippen molar-refractivity contribution in [1.29, 1.82) is 0 Å². The van der Waals surface area contributed by atoms with Gasteiger partial charge in [-0.1, -0.05) is 18.2 Å². The number of esters is 1. The van der Waals surface area contributed by atoms with Crippen LogP contribution in [0.25, 0.3) is 0 Å². The first-order valence-corrected chi connectivity index (χ1v) is 12.9. The van der Waals surface area contributed by atoms with Crippen LogP contribution >= 0.6 is 0 Å². The number of sulfonamides is 1. The Morgan fingerprint density at radius 1 is 0.865 bits per heavy atom. The second kappa shape index (κ2) is 11.7. The summed E-state index contributed by atoms with van der Waals surface area (Å²) in [6.07, 6.45) is 1.00. The van der Waals surface area contributed by atoms with Crippen molar-refractivity contribution in [3.63, 3.8) is 0 Å². The largest absolute Gasteiger partial charge is 0.493 e. The van der Waals surface area contributed by atoms with Gasteiger partial charge >= 0.3 is 5.97 Å². The fourth-order valence-corrected chi connectivity index (χ4v) is 4.77. The molecule has 0 aliphatic heterocycles. The lowest BCUT2D eigenvalue weighted by atomic mass is 10.1. The molecule has 0 spiro atoms. The summed E-state index contributed by atoms with van der Waals surface area (Å²) in [5.41, 5.74) is 0.335. The number of carbonyl (C=O) groups is 2. The van der Waals surface area contributed by atoms with E-state index in [-0.39, 0.29) is 28.4 Å². The van der Waals surface area contributed by atoms with Gasteiger partial charge in [-0.3, -0.25) is 9.10 Å². The zero-order valence-corrected chi connectivity index (χ0v) is 21.9. The fourth-order valence-electron chi connectivity index (χ4n) is 3.59. The molecule has 0 saturated carbocycles. The molecule has 37 heavy (non-hydrogen) atoms. The first kappa shape index (κ1) is 27.3. The van der Waals surface area contributed by atoms with Crippen LogP contribution in [-0.2, 0) is 19.6 Å². The number of nitrogens with zero attached hydrogens (tertiary/aromatic N) is 1. The van der Waals surface area contributed by atoms with Crippen LogP contribution in [0, 0.1) is 0 Å². The molecular weight excluding hydrogens is 500 g/mol. The van der Waals surface area contributed by atoms with Crippen LogP contribution in [-0.4, -0.2) is 53.9 Å². The Morgan fingerprint density at radius 2 is 1.43 bits per heavy atom. The van der Waals surface area contributed by atoms with Gasteiger partial charge in [-0.25, -0.2) is 13.2 Å². The molecular formula is C26H28N2O8S. The number of ether oxygens (including phenoxy) is 4. The van der Waals surface area contributed by atoms with Crippen molar-refractivity contribution < 1.29 is 37.0 Å². The van der Waals surface area contributed by atoms with E-state index in [1.54, 1.807) is 36.4 Å². The lowest BCUT2D eigenvalue weighted by molar-refractivity contribution is -0.116. The van der Waals surface area contributed by atoms with E-state index in [4.69, 9.17) is 18.9 Å². The predicted molar refractivity (Wildman–Crippen MR) is 139 cm³/mol. The average Bonchev–Trinajstić information content (AvgIpc) is 2.88. The first-order chi connectivity index (χ1) is 17.6. The van der Waals surface area contributed by atoms with Crippen LogP contribution in [0.4, 0.5) is 11.4 Å². The van der Waals surface area contributed by atoms with Crippen LogP contribution in [0.1, 0.15) is 17.3 Å². The molecule has 0 aliphatic rings. The van der Waals surface area contributed by atoms with E-state index < -0.39 is 27.9 Å². The van der Waals surface area contributed by atoms with Gasteiger partial charge in [0.1, 0.15) is 17.5 Å². The van der Waals surface area contributed by atoms with Gasteiger partial charge in [0, 0.05) is 12.1 Å². The smallest absolute Gasteiger partial charge is 0.340 e. The van der Waals surface area contributed by atoms with E-state index in [2.05, 4.69) is 5.32 Å². The maximum atomic E-state index is 13.2. The molecule has 0 aliphatic carbocycles. The van der Waals surface area contributed by atoms with Crippen LogP contribution < -0.4 is 23.8 Å². The number of hydrogen-bond donors (Lipinski definition) is 1. The number of amides is 1. The van der Waals surface area contributed by atoms with E-state index in [1.165, 1.54) is 40.4 Å². The van der Waals surface area contributed by atoms with Gasteiger partial charge in [0.2, 0.25) is 15.9 Å². The van der Waals surface area contributed by atoms with Crippen LogP contribution in [0.2, 0.25) is 0 Å². The Hall–Kier alpha value is -4.25. The SMILES string of the molecule is COC(=O)c1cc(OC)c(OC)cc1NC(=O)[C@H](C)N(c1ccc(Oc2ccccc2)cc1)S(C)(=O)=O. The Balaban J connectivity index is 1.90. The lowest BCUT2D eigenvalue weighted by Gasteiger charge is -2.28. The summed E-state index contributed by atoms with van der Waals surface area (Å²) < 4.78 is 47.5. The first-order valence-electron chi connectivity index (χ1n) is 11.1. The third-order valence-electron chi connectivity index (χ3n) is 5.35. The highest BCUT2D eigenvalue weighted by Gasteiger charge is 2.30. The molecule has 0 unspecified atom stereocenters. The van der Waals surface area contributed by atoms with Gasteiger partial charge in [0.15, 0.2) is 11.5 Å². The highest BCUT2D eigenvalue weighted by Crippen LogP contribution is 2.34. The molecule has 0 heterocycles. The minimum atomic E-state index is -3.89. The molecule has 0 fully saturated rings. The molecule has 0 bridgehead atoms. The number of nitrogens with one attached hydrogen (secondary N) is 1. The van der Waals surface area contributed by atoms with Gasteiger partial charge < -0.3 is 24.3 Å². The molecule has 3 aromatic carbocycles. The van der Waals surface area contributed by atoms with E-state index in [1.807, 2.05) is 18.2 Å². The van der Waals surface area contributed by atoms with Crippen molar-refractivity contribution in [3.05, 3.63) is 72.3 Å². The van der Waals surface area contributed by atoms with Crippen molar-refractivity contribution in [2.45, 2.75) is 13.0 Å². The van der Waals surface area contributed by atoms with Crippen molar-refractivity contribution in [3.8, 4) is 23.0 Å². The van der Waals surface area contributed by atoms with Gasteiger partial charge in [-0.2, -0.15) is 0 Å². The normalized spacial score (nSPS) is 11.7. The van der Waals surface area contributed by atoms with Gasteiger partial charge in [0.25, 0.3) is 0 Å². The van der Waals surface area contributed by atoms with Crippen molar-refractivity contribution in [2.75, 3.05) is 37.2 Å². The molecule has 0 aromatic heterocycles. The molecule has 11 heteroatoms. The third-order valence-corrected chi connectivity index (χ3v) is 6.59. The average molecular weight is 529 g/mol. The fraction of sp³-hybridized carbons (Fsp3) is 0.231. The Bertz CT molecular complexity index is 1360. The third kappa shape index (κ3) is 6.50. The maximum Gasteiger partial charge on any atom is 0.340 e. The summed E-state index contributed by atoms with van der Waals surface area (Å²) >= 11 is 0. The number of carbonyl (C=O) groups excluding carboxylic acids is 2. The lowest BCUT2D eigenvalue weighted by Crippen LogP contribution is -2.45.